The Morgan fingerprint density at radius 1 is 1.25 bits per heavy atom. The number of hydrogen-bond donors (Lipinski definition) is 2. The standard InChI is InChI=1S/C18H19N3O2S/c1-3-11(2)15(18(22)23)20-16-12-7-4-5-8-13(12)19-17(21-16)14-9-6-10-24-14/h4-11,15H,3H2,1-2H3,(H,22,23)(H,19,20,21). The summed E-state index contributed by atoms with van der Waals surface area (Å²) in [6.07, 6.45) is 0.769. The number of benzene rings is 1. The number of aliphatic carboxylic acids is 1. The van der Waals surface area contributed by atoms with Gasteiger partial charge in [0.25, 0.3) is 0 Å². The van der Waals surface area contributed by atoms with Gasteiger partial charge >= 0.3 is 5.97 Å². The summed E-state index contributed by atoms with van der Waals surface area (Å²) in [6.45, 7) is 3.91. The van der Waals surface area contributed by atoms with Gasteiger partial charge in [-0.15, -0.1) is 11.3 Å². The fourth-order valence-electron chi connectivity index (χ4n) is 2.53. The molecule has 3 aromatic rings. The van der Waals surface area contributed by atoms with Crippen molar-refractivity contribution in [1.29, 1.82) is 0 Å². The first-order valence-electron chi connectivity index (χ1n) is 7.90. The molecule has 24 heavy (non-hydrogen) atoms. The molecule has 1 aromatic carbocycles. The predicted molar refractivity (Wildman–Crippen MR) is 97.4 cm³/mol. The molecule has 0 saturated heterocycles. The number of nitrogens with one attached hydrogen (secondary N) is 1. The van der Waals surface area contributed by atoms with Crippen molar-refractivity contribution >= 4 is 34.0 Å². The van der Waals surface area contributed by atoms with Gasteiger partial charge in [-0.25, -0.2) is 14.8 Å². The molecule has 0 aliphatic rings. The van der Waals surface area contributed by atoms with E-state index in [2.05, 4.69) is 15.3 Å². The van der Waals surface area contributed by atoms with Crippen LogP contribution in [0.4, 0.5) is 5.82 Å². The lowest BCUT2D eigenvalue weighted by molar-refractivity contribution is -0.139. The molecule has 2 N–H and O–H groups in total. The predicted octanol–water partition coefficient (Wildman–Crippen LogP) is 4.27. The molecular formula is C18H19N3O2S. The fraction of sp³-hybridized carbons (Fsp3) is 0.278. The van der Waals surface area contributed by atoms with Crippen LogP contribution in [0.1, 0.15) is 20.3 Å². The Morgan fingerprint density at radius 2 is 2.04 bits per heavy atom. The SMILES string of the molecule is CCC(C)C(Nc1nc(-c2cccs2)nc2ccccc12)C(=O)O. The van der Waals surface area contributed by atoms with Gasteiger partial charge in [-0.2, -0.15) is 0 Å². The van der Waals surface area contributed by atoms with Crippen LogP contribution in [0.15, 0.2) is 41.8 Å². The Kier molecular flexibility index (Phi) is 4.76. The third-order valence-electron chi connectivity index (χ3n) is 4.12. The zero-order valence-corrected chi connectivity index (χ0v) is 14.4. The summed E-state index contributed by atoms with van der Waals surface area (Å²) < 4.78 is 0. The number of hydrogen-bond acceptors (Lipinski definition) is 5. The van der Waals surface area contributed by atoms with Gasteiger partial charge in [-0.05, 0) is 29.5 Å². The Balaban J connectivity index is 2.10. The lowest BCUT2D eigenvalue weighted by Gasteiger charge is -2.21. The molecule has 5 nitrogen and oxygen atoms in total. The molecule has 0 fully saturated rings. The topological polar surface area (TPSA) is 75.1 Å². The maximum atomic E-state index is 11.7. The van der Waals surface area contributed by atoms with Crippen molar-refractivity contribution in [1.82, 2.24) is 9.97 Å². The number of para-hydroxylation sites is 1. The summed E-state index contributed by atoms with van der Waals surface area (Å²) in [5.41, 5.74) is 0.798. The highest BCUT2D eigenvalue weighted by atomic mass is 32.1. The summed E-state index contributed by atoms with van der Waals surface area (Å²) in [6, 6.07) is 10.9. The van der Waals surface area contributed by atoms with Crippen LogP contribution in [-0.2, 0) is 4.79 Å². The maximum absolute atomic E-state index is 11.7. The van der Waals surface area contributed by atoms with Crippen molar-refractivity contribution in [3.63, 3.8) is 0 Å². The lowest BCUT2D eigenvalue weighted by atomic mass is 9.99. The average molecular weight is 341 g/mol. The second-order valence-corrected chi connectivity index (χ2v) is 6.68. The zero-order valence-electron chi connectivity index (χ0n) is 13.6. The van der Waals surface area contributed by atoms with Crippen LogP contribution in [0, 0.1) is 5.92 Å². The fourth-order valence-corrected chi connectivity index (χ4v) is 3.19. The van der Waals surface area contributed by atoms with Crippen molar-refractivity contribution < 1.29 is 9.90 Å². The van der Waals surface area contributed by atoms with Crippen molar-refractivity contribution in [2.75, 3.05) is 5.32 Å². The van der Waals surface area contributed by atoms with Gasteiger partial charge in [-0.1, -0.05) is 38.5 Å². The summed E-state index contributed by atoms with van der Waals surface area (Å²) in [5, 5.41) is 15.5. The van der Waals surface area contributed by atoms with Crippen molar-refractivity contribution in [2.45, 2.75) is 26.3 Å². The van der Waals surface area contributed by atoms with E-state index >= 15 is 0 Å². The molecule has 2 atom stereocenters. The smallest absolute Gasteiger partial charge is 0.326 e. The normalized spacial score (nSPS) is 13.6. The highest BCUT2D eigenvalue weighted by molar-refractivity contribution is 7.13. The Labute approximate surface area is 144 Å². The van der Waals surface area contributed by atoms with E-state index in [0.717, 1.165) is 22.2 Å². The van der Waals surface area contributed by atoms with E-state index < -0.39 is 12.0 Å². The third kappa shape index (κ3) is 3.23. The monoisotopic (exact) mass is 341 g/mol. The van der Waals surface area contributed by atoms with Crippen LogP contribution in [0.25, 0.3) is 21.6 Å². The number of rotatable bonds is 6. The molecule has 124 valence electrons. The van der Waals surface area contributed by atoms with Gasteiger partial charge in [0.2, 0.25) is 0 Å². The third-order valence-corrected chi connectivity index (χ3v) is 4.98. The van der Waals surface area contributed by atoms with Crippen molar-refractivity contribution in [3.8, 4) is 10.7 Å². The summed E-state index contributed by atoms with van der Waals surface area (Å²) in [5.74, 6) is 0.294. The van der Waals surface area contributed by atoms with Crippen molar-refractivity contribution in [2.24, 2.45) is 5.92 Å². The largest absolute Gasteiger partial charge is 0.480 e. The van der Waals surface area contributed by atoms with Gasteiger partial charge in [0.05, 0.1) is 10.4 Å². The lowest BCUT2D eigenvalue weighted by Crippen LogP contribution is -2.35. The first kappa shape index (κ1) is 16.4. The number of carboxylic acids is 1. The second-order valence-electron chi connectivity index (χ2n) is 5.74. The van der Waals surface area contributed by atoms with E-state index in [1.165, 1.54) is 0 Å². The molecule has 0 amide bonds. The number of thiophene rings is 1. The highest BCUT2D eigenvalue weighted by Gasteiger charge is 2.25. The van der Waals surface area contributed by atoms with Crippen LogP contribution in [0.2, 0.25) is 0 Å². The maximum Gasteiger partial charge on any atom is 0.326 e. The van der Waals surface area contributed by atoms with Gasteiger partial charge < -0.3 is 10.4 Å². The first-order chi connectivity index (χ1) is 11.6. The summed E-state index contributed by atoms with van der Waals surface area (Å²) >= 11 is 1.56. The molecule has 2 heterocycles. The minimum Gasteiger partial charge on any atom is -0.480 e. The van der Waals surface area contributed by atoms with E-state index in [9.17, 15) is 9.90 Å². The van der Waals surface area contributed by atoms with Crippen LogP contribution >= 0.6 is 11.3 Å². The number of nitrogens with zero attached hydrogens (tertiary/aromatic N) is 2. The molecule has 0 saturated carbocycles. The number of aromatic nitrogens is 2. The highest BCUT2D eigenvalue weighted by Crippen LogP contribution is 2.28. The molecule has 0 aliphatic carbocycles. The van der Waals surface area contributed by atoms with Crippen LogP contribution in [0.5, 0.6) is 0 Å². The number of anilines is 1. The molecule has 2 aromatic heterocycles. The van der Waals surface area contributed by atoms with Gasteiger partial charge in [0, 0.05) is 5.39 Å². The Morgan fingerprint density at radius 3 is 2.71 bits per heavy atom. The second kappa shape index (κ2) is 6.97. The molecule has 0 radical (unpaired) electrons. The first-order valence-corrected chi connectivity index (χ1v) is 8.78. The average Bonchev–Trinajstić information content (AvgIpc) is 3.13. The van der Waals surface area contributed by atoms with E-state index in [-0.39, 0.29) is 5.92 Å². The number of carbonyl (C=O) groups is 1. The Hall–Kier alpha value is -2.47. The van der Waals surface area contributed by atoms with E-state index in [0.29, 0.717) is 11.6 Å². The number of fused-ring (bicyclic) bond motifs is 1. The molecule has 0 bridgehead atoms. The Bertz CT molecular complexity index is 849. The van der Waals surface area contributed by atoms with Crippen LogP contribution in [0.3, 0.4) is 0 Å². The minimum atomic E-state index is -0.871. The van der Waals surface area contributed by atoms with Gasteiger partial charge in [-0.3, -0.25) is 0 Å². The number of carboxylic acid groups (broad SMARTS) is 1. The molecule has 0 spiro atoms. The van der Waals surface area contributed by atoms with E-state index in [1.807, 2.05) is 55.6 Å². The van der Waals surface area contributed by atoms with Crippen LogP contribution < -0.4 is 5.32 Å². The van der Waals surface area contributed by atoms with E-state index in [1.54, 1.807) is 11.3 Å². The van der Waals surface area contributed by atoms with Gasteiger partial charge in [0.1, 0.15) is 11.9 Å². The van der Waals surface area contributed by atoms with Crippen molar-refractivity contribution in [3.05, 3.63) is 41.8 Å². The molecule has 6 heteroatoms. The summed E-state index contributed by atoms with van der Waals surface area (Å²) in [4.78, 5) is 21.8. The molecule has 3 rings (SSSR count). The van der Waals surface area contributed by atoms with Gasteiger partial charge in [0.15, 0.2) is 5.82 Å². The molecule has 0 aliphatic heterocycles. The van der Waals surface area contributed by atoms with Crippen LogP contribution in [-0.4, -0.2) is 27.1 Å². The summed E-state index contributed by atoms with van der Waals surface area (Å²) in [7, 11) is 0. The molecular weight excluding hydrogens is 322 g/mol. The quantitative estimate of drug-likeness (QED) is 0.700. The van der Waals surface area contributed by atoms with E-state index in [4.69, 9.17) is 0 Å². The molecule has 2 unspecified atom stereocenters. The minimum absolute atomic E-state index is 0.0126. The zero-order chi connectivity index (χ0) is 17.1.